The van der Waals surface area contributed by atoms with Gasteiger partial charge in [-0.05, 0) is 110 Å². The molecule has 2 nitrogen and oxygen atoms in total. The first-order chi connectivity index (χ1) is 30.2. The van der Waals surface area contributed by atoms with Crippen molar-refractivity contribution in [3.8, 4) is 44.5 Å². The highest BCUT2D eigenvalue weighted by atomic mass is 32.1. The second-order valence-electron chi connectivity index (χ2n) is 15.6. The molecule has 0 aliphatic heterocycles. The normalized spacial score (nSPS) is 11.6. The highest BCUT2D eigenvalue weighted by Crippen LogP contribution is 2.44. The zero-order chi connectivity index (χ0) is 40.3. The molecular formula is C58H37NOS. The number of furan rings is 1. The predicted octanol–water partition coefficient (Wildman–Crippen LogP) is 17.2. The Hall–Kier alpha value is -7.72. The van der Waals surface area contributed by atoms with Crippen LogP contribution in [0.4, 0.5) is 17.1 Å². The molecule has 0 aliphatic rings. The maximum Gasteiger partial charge on any atom is 0.135 e. The largest absolute Gasteiger partial charge is 0.456 e. The minimum Gasteiger partial charge on any atom is -0.456 e. The molecule has 0 unspecified atom stereocenters. The second-order valence-corrected chi connectivity index (χ2v) is 16.7. The third-order valence-electron chi connectivity index (χ3n) is 12.1. The molecule has 286 valence electrons. The fourth-order valence-electron chi connectivity index (χ4n) is 9.16. The molecule has 61 heavy (non-hydrogen) atoms. The summed E-state index contributed by atoms with van der Waals surface area (Å²) in [6.07, 6.45) is 0. The Morgan fingerprint density at radius 1 is 0.311 bits per heavy atom. The van der Waals surface area contributed by atoms with Gasteiger partial charge in [-0.25, -0.2) is 0 Å². The van der Waals surface area contributed by atoms with E-state index in [1.54, 1.807) is 0 Å². The highest BCUT2D eigenvalue weighted by molar-refractivity contribution is 7.25. The summed E-state index contributed by atoms with van der Waals surface area (Å²) in [5.41, 5.74) is 14.6. The number of nitrogens with zero attached hydrogens (tertiary/aromatic N) is 1. The number of fused-ring (bicyclic) bond motifs is 7. The van der Waals surface area contributed by atoms with E-state index in [9.17, 15) is 0 Å². The number of rotatable bonds is 7. The SMILES string of the molecule is c1ccc(-c2cccc3ccccc23)c(-c2ccc(N(c3ccc(-c4ccc5c(c4)sc4ccccc45)cc3)c3ccccc3-c3ccc4oc5ccccc5c4c3)cc2)c1. The van der Waals surface area contributed by atoms with Gasteiger partial charge in [0.15, 0.2) is 0 Å². The summed E-state index contributed by atoms with van der Waals surface area (Å²) in [6.45, 7) is 0. The fraction of sp³-hybridized carbons (Fsp3) is 0. The predicted molar refractivity (Wildman–Crippen MR) is 261 cm³/mol. The maximum atomic E-state index is 6.24. The monoisotopic (exact) mass is 795 g/mol. The van der Waals surface area contributed by atoms with Crippen molar-refractivity contribution in [3.63, 3.8) is 0 Å². The first-order valence-electron chi connectivity index (χ1n) is 20.7. The van der Waals surface area contributed by atoms with Gasteiger partial charge in [0.05, 0.1) is 5.69 Å². The van der Waals surface area contributed by atoms with Crippen LogP contribution >= 0.6 is 11.3 Å². The van der Waals surface area contributed by atoms with Crippen LogP contribution in [0.5, 0.6) is 0 Å². The maximum absolute atomic E-state index is 6.24. The number of thiophene rings is 1. The van der Waals surface area contributed by atoms with Crippen LogP contribution in [0.1, 0.15) is 0 Å². The summed E-state index contributed by atoms with van der Waals surface area (Å²) in [7, 11) is 0. The molecule has 0 aliphatic carbocycles. The van der Waals surface area contributed by atoms with E-state index < -0.39 is 0 Å². The van der Waals surface area contributed by atoms with Gasteiger partial charge < -0.3 is 9.32 Å². The Balaban J connectivity index is 0.980. The molecule has 0 spiro atoms. The molecule has 0 saturated carbocycles. The van der Waals surface area contributed by atoms with Gasteiger partial charge in [-0.15, -0.1) is 11.3 Å². The Morgan fingerprint density at radius 3 is 1.72 bits per heavy atom. The average Bonchev–Trinajstić information content (AvgIpc) is 3.90. The molecule has 12 rings (SSSR count). The van der Waals surface area contributed by atoms with Crippen LogP contribution in [0.15, 0.2) is 229 Å². The zero-order valence-corrected chi connectivity index (χ0v) is 33.9. The van der Waals surface area contributed by atoms with E-state index in [2.05, 4.69) is 217 Å². The van der Waals surface area contributed by atoms with Crippen LogP contribution in [0.3, 0.4) is 0 Å². The van der Waals surface area contributed by atoms with E-state index in [0.29, 0.717) is 0 Å². The Bertz CT molecular complexity index is 3590. The molecule has 0 amide bonds. The van der Waals surface area contributed by atoms with Crippen molar-refractivity contribution < 1.29 is 4.42 Å². The van der Waals surface area contributed by atoms with Gasteiger partial charge in [-0.2, -0.15) is 0 Å². The molecule has 0 saturated heterocycles. The van der Waals surface area contributed by atoms with Gasteiger partial charge in [0.1, 0.15) is 11.2 Å². The fourth-order valence-corrected chi connectivity index (χ4v) is 10.3. The molecule has 10 aromatic carbocycles. The van der Waals surface area contributed by atoms with Gasteiger partial charge >= 0.3 is 0 Å². The molecule has 0 radical (unpaired) electrons. The highest BCUT2D eigenvalue weighted by Gasteiger charge is 2.20. The van der Waals surface area contributed by atoms with Crippen LogP contribution in [0, 0.1) is 0 Å². The molecule has 12 aromatic rings. The second kappa shape index (κ2) is 14.5. The first kappa shape index (κ1) is 35.2. The standard InChI is InChI=1S/C58H37NOS/c1-2-14-45-39(12-1)13-11-20-49(45)48-17-4-3-15-46(48)40-26-32-44(33-27-40)59(43-30-24-38(25-31-43)41-28-34-52-51-19-7-10-23-57(51)61-58(52)37-41)54-21-8-5-16-47(54)42-29-35-56-53(36-42)50-18-6-9-22-55(50)60-56/h1-37H. The molecular weight excluding hydrogens is 759 g/mol. The summed E-state index contributed by atoms with van der Waals surface area (Å²) < 4.78 is 8.87. The van der Waals surface area contributed by atoms with Crippen molar-refractivity contribution in [2.24, 2.45) is 0 Å². The van der Waals surface area contributed by atoms with E-state index in [0.717, 1.165) is 50.1 Å². The van der Waals surface area contributed by atoms with Gasteiger partial charge in [0, 0.05) is 47.9 Å². The van der Waals surface area contributed by atoms with Crippen molar-refractivity contribution in [2.75, 3.05) is 4.90 Å². The zero-order valence-electron chi connectivity index (χ0n) is 33.1. The molecule has 2 aromatic heterocycles. The minimum absolute atomic E-state index is 0.892. The molecule has 3 heteroatoms. The lowest BCUT2D eigenvalue weighted by Crippen LogP contribution is -2.11. The molecule has 0 bridgehead atoms. The number of benzene rings is 10. The van der Waals surface area contributed by atoms with E-state index in [4.69, 9.17) is 4.42 Å². The molecule has 0 N–H and O–H groups in total. The van der Waals surface area contributed by atoms with Crippen molar-refractivity contribution in [1.82, 2.24) is 0 Å². The van der Waals surface area contributed by atoms with Crippen LogP contribution < -0.4 is 4.90 Å². The number of anilines is 3. The number of hydrogen-bond acceptors (Lipinski definition) is 3. The van der Waals surface area contributed by atoms with Gasteiger partial charge in [-0.3, -0.25) is 0 Å². The van der Waals surface area contributed by atoms with Crippen molar-refractivity contribution in [3.05, 3.63) is 224 Å². The van der Waals surface area contributed by atoms with Crippen LogP contribution in [0.25, 0.3) is 97.4 Å². The summed E-state index contributed by atoms with van der Waals surface area (Å²) >= 11 is 1.86. The van der Waals surface area contributed by atoms with E-state index in [-0.39, 0.29) is 0 Å². The van der Waals surface area contributed by atoms with E-state index in [1.165, 1.54) is 64.3 Å². The third kappa shape index (κ3) is 6.09. The number of para-hydroxylation sites is 2. The lowest BCUT2D eigenvalue weighted by atomic mass is 9.91. The molecule has 2 heterocycles. The van der Waals surface area contributed by atoms with Gasteiger partial charge in [-0.1, -0.05) is 164 Å². The number of hydrogen-bond donors (Lipinski definition) is 0. The minimum atomic E-state index is 0.892. The van der Waals surface area contributed by atoms with E-state index in [1.807, 2.05) is 23.5 Å². The summed E-state index contributed by atoms with van der Waals surface area (Å²) in [5, 5.41) is 7.37. The van der Waals surface area contributed by atoms with Crippen molar-refractivity contribution >= 4 is 81.3 Å². The molecule has 0 atom stereocenters. The van der Waals surface area contributed by atoms with E-state index >= 15 is 0 Å². The summed E-state index contributed by atoms with van der Waals surface area (Å²) in [6, 6.07) is 81.3. The summed E-state index contributed by atoms with van der Waals surface area (Å²) in [4.78, 5) is 2.40. The third-order valence-corrected chi connectivity index (χ3v) is 13.2. The molecule has 0 fully saturated rings. The van der Waals surface area contributed by atoms with Gasteiger partial charge in [0.25, 0.3) is 0 Å². The smallest absolute Gasteiger partial charge is 0.135 e. The Labute approximate surface area is 357 Å². The average molecular weight is 796 g/mol. The first-order valence-corrected chi connectivity index (χ1v) is 21.6. The summed E-state index contributed by atoms with van der Waals surface area (Å²) in [5.74, 6) is 0. The Morgan fingerprint density at radius 2 is 0.885 bits per heavy atom. The van der Waals surface area contributed by atoms with Crippen molar-refractivity contribution in [2.45, 2.75) is 0 Å². The quantitative estimate of drug-likeness (QED) is 0.160. The van der Waals surface area contributed by atoms with Crippen molar-refractivity contribution in [1.29, 1.82) is 0 Å². The van der Waals surface area contributed by atoms with Crippen LogP contribution in [-0.2, 0) is 0 Å². The van der Waals surface area contributed by atoms with Crippen LogP contribution in [-0.4, -0.2) is 0 Å². The topological polar surface area (TPSA) is 16.4 Å². The van der Waals surface area contributed by atoms with Crippen LogP contribution in [0.2, 0.25) is 0 Å². The lowest BCUT2D eigenvalue weighted by molar-refractivity contribution is 0.669. The van der Waals surface area contributed by atoms with Gasteiger partial charge in [0.2, 0.25) is 0 Å². The lowest BCUT2D eigenvalue weighted by Gasteiger charge is -2.28. The Kier molecular flexibility index (Phi) is 8.39.